The summed E-state index contributed by atoms with van der Waals surface area (Å²) in [7, 11) is 0. The van der Waals surface area contributed by atoms with Crippen molar-refractivity contribution in [2.75, 3.05) is 0 Å². The number of hydrogen-bond donors (Lipinski definition) is 2. The van der Waals surface area contributed by atoms with Crippen LogP contribution in [0, 0.1) is 18.3 Å². The molecule has 2 aromatic heterocycles. The van der Waals surface area contributed by atoms with E-state index in [1.54, 1.807) is 10.7 Å². The van der Waals surface area contributed by atoms with Crippen molar-refractivity contribution in [1.29, 1.82) is 5.26 Å². The van der Waals surface area contributed by atoms with Gasteiger partial charge in [-0.15, -0.1) is 0 Å². The number of nitriles is 1. The number of aromatic nitrogens is 3. The van der Waals surface area contributed by atoms with Gasteiger partial charge >= 0.3 is 0 Å². The van der Waals surface area contributed by atoms with E-state index in [9.17, 15) is 9.59 Å². The summed E-state index contributed by atoms with van der Waals surface area (Å²) in [5.41, 5.74) is 3.63. The molecule has 2 N–H and O–H groups in total. The fourth-order valence-corrected chi connectivity index (χ4v) is 3.23. The minimum Gasteiger partial charge on any atom is -0.358 e. The molecule has 0 saturated carbocycles. The van der Waals surface area contributed by atoms with Crippen molar-refractivity contribution in [1.82, 2.24) is 20.1 Å². The second-order valence-corrected chi connectivity index (χ2v) is 7.25. The lowest BCUT2D eigenvalue weighted by Crippen LogP contribution is -2.35. The van der Waals surface area contributed by atoms with Crippen molar-refractivity contribution in [2.24, 2.45) is 0 Å². The van der Waals surface area contributed by atoms with Crippen LogP contribution in [0.3, 0.4) is 0 Å². The third-order valence-electron chi connectivity index (χ3n) is 4.59. The molecule has 1 amide bonds. The molecule has 0 unspecified atom stereocenters. The second-order valence-electron chi connectivity index (χ2n) is 6.87. The third kappa shape index (κ3) is 4.39. The van der Waals surface area contributed by atoms with Crippen LogP contribution in [0.4, 0.5) is 0 Å². The predicted octanol–water partition coefficient (Wildman–Crippen LogP) is 3.73. The van der Waals surface area contributed by atoms with Gasteiger partial charge in [0.1, 0.15) is 6.07 Å². The molecule has 0 spiro atoms. The summed E-state index contributed by atoms with van der Waals surface area (Å²) >= 11 is 6.25. The predicted molar refractivity (Wildman–Crippen MR) is 110 cm³/mol. The van der Waals surface area contributed by atoms with Gasteiger partial charge < -0.3 is 10.3 Å². The molecule has 0 fully saturated rings. The molecular formula is C21H20ClN5O2. The van der Waals surface area contributed by atoms with Crippen LogP contribution in [0.15, 0.2) is 36.7 Å². The zero-order chi connectivity index (χ0) is 21.1. The first-order chi connectivity index (χ1) is 13.8. The average molecular weight is 410 g/mol. The number of benzene rings is 1. The smallest absolute Gasteiger partial charge is 0.253 e. The molecule has 0 aliphatic carbocycles. The molecule has 0 saturated heterocycles. The lowest BCUT2D eigenvalue weighted by Gasteiger charge is -2.13. The number of ketones is 1. The van der Waals surface area contributed by atoms with Gasteiger partial charge in [-0.2, -0.15) is 10.4 Å². The minimum atomic E-state index is -0.261. The Hall–Kier alpha value is -3.37. The van der Waals surface area contributed by atoms with E-state index in [-0.39, 0.29) is 17.7 Å². The molecule has 7 nitrogen and oxygen atoms in total. The normalized spacial score (nSPS) is 11.7. The number of aromatic amines is 1. The summed E-state index contributed by atoms with van der Waals surface area (Å²) in [4.78, 5) is 26.5. The van der Waals surface area contributed by atoms with Gasteiger partial charge in [-0.25, -0.2) is 0 Å². The Labute approximate surface area is 173 Å². The molecule has 3 rings (SSSR count). The molecule has 29 heavy (non-hydrogen) atoms. The highest BCUT2D eigenvalue weighted by Crippen LogP contribution is 2.29. The van der Waals surface area contributed by atoms with Crippen molar-refractivity contribution < 1.29 is 9.59 Å². The second kappa shape index (κ2) is 8.33. The van der Waals surface area contributed by atoms with Crippen LogP contribution >= 0.6 is 11.6 Å². The molecule has 8 heteroatoms. The summed E-state index contributed by atoms with van der Waals surface area (Å²) in [5, 5.41) is 17.0. The minimum absolute atomic E-state index is 0.126. The van der Waals surface area contributed by atoms with E-state index in [2.05, 4.69) is 21.5 Å². The molecule has 0 bridgehead atoms. The van der Waals surface area contributed by atoms with Crippen molar-refractivity contribution >= 4 is 23.3 Å². The summed E-state index contributed by atoms with van der Waals surface area (Å²) < 4.78 is 1.74. The number of Topliss-reactive ketones (excluding diaryl/α,β-unsaturated/α-hetero) is 1. The van der Waals surface area contributed by atoms with E-state index in [1.165, 1.54) is 19.2 Å². The van der Waals surface area contributed by atoms with Gasteiger partial charge in [0.25, 0.3) is 5.91 Å². The number of carbonyl (C=O) groups excluding carboxylic acids is 2. The molecule has 0 aliphatic heterocycles. The van der Waals surface area contributed by atoms with Gasteiger partial charge in [0, 0.05) is 30.9 Å². The van der Waals surface area contributed by atoms with Crippen molar-refractivity contribution in [3.05, 3.63) is 64.1 Å². The molecule has 0 radical (unpaired) electrons. The molecule has 1 aromatic carbocycles. The number of hydrogen-bond acceptors (Lipinski definition) is 4. The van der Waals surface area contributed by atoms with E-state index >= 15 is 0 Å². The fraction of sp³-hybridized carbons (Fsp3) is 0.238. The fourth-order valence-electron chi connectivity index (χ4n) is 3.02. The Morgan fingerprint density at radius 2 is 2.14 bits per heavy atom. The average Bonchev–Trinajstić information content (AvgIpc) is 3.33. The maximum atomic E-state index is 12.3. The summed E-state index contributed by atoms with van der Waals surface area (Å²) in [6, 6.07) is 8.79. The Morgan fingerprint density at radius 1 is 1.38 bits per heavy atom. The topological polar surface area (TPSA) is 104 Å². The molecule has 2 heterocycles. The number of carbonyl (C=O) groups is 2. The lowest BCUT2D eigenvalue weighted by atomic mass is 10.0. The van der Waals surface area contributed by atoms with E-state index in [1.807, 2.05) is 32.2 Å². The number of nitrogens with zero attached hydrogens (tertiary/aromatic N) is 3. The quantitative estimate of drug-likeness (QED) is 0.605. The Bertz CT molecular complexity index is 1120. The first-order valence-electron chi connectivity index (χ1n) is 9.03. The van der Waals surface area contributed by atoms with Crippen molar-refractivity contribution in [3.8, 4) is 17.3 Å². The van der Waals surface area contributed by atoms with Crippen LogP contribution in [-0.2, 0) is 6.54 Å². The van der Waals surface area contributed by atoms with Crippen LogP contribution in [-0.4, -0.2) is 32.5 Å². The lowest BCUT2D eigenvalue weighted by molar-refractivity contribution is 0.0936. The van der Waals surface area contributed by atoms with Crippen LogP contribution in [0.2, 0.25) is 5.02 Å². The standard InChI is InChI=1S/C21H20ClN5O2/c1-12(25-21(29)16-8-19(14(3)28)24-10-16)11-27-7-6-18(26-27)17-5-4-15(9-23)20(22)13(17)2/h4-8,10,12,24H,11H2,1-3H3,(H,25,29)/t12-/m0/s1. The van der Waals surface area contributed by atoms with Crippen LogP contribution in [0.1, 0.15) is 45.8 Å². The maximum Gasteiger partial charge on any atom is 0.253 e. The monoisotopic (exact) mass is 409 g/mol. The van der Waals surface area contributed by atoms with Gasteiger partial charge in [-0.3, -0.25) is 14.3 Å². The van der Waals surface area contributed by atoms with Crippen LogP contribution in [0.5, 0.6) is 0 Å². The summed E-state index contributed by atoms with van der Waals surface area (Å²) in [6.45, 7) is 5.64. The molecule has 0 aliphatic rings. The first-order valence-corrected chi connectivity index (χ1v) is 9.41. The van der Waals surface area contributed by atoms with Crippen LogP contribution in [0.25, 0.3) is 11.3 Å². The first kappa shape index (κ1) is 20.4. The number of amides is 1. The van der Waals surface area contributed by atoms with Gasteiger partial charge in [0.15, 0.2) is 5.78 Å². The van der Waals surface area contributed by atoms with Crippen molar-refractivity contribution in [3.63, 3.8) is 0 Å². The maximum absolute atomic E-state index is 12.3. The zero-order valence-electron chi connectivity index (χ0n) is 16.3. The molecular weight excluding hydrogens is 390 g/mol. The van der Waals surface area contributed by atoms with Gasteiger partial charge in [0.2, 0.25) is 0 Å². The number of halogens is 1. The SMILES string of the molecule is CC(=O)c1cc(C(=O)N[C@@H](C)Cn2ccc(-c3ccc(C#N)c(Cl)c3C)n2)c[nH]1. The van der Waals surface area contributed by atoms with Gasteiger partial charge in [-0.1, -0.05) is 17.7 Å². The molecule has 1 atom stereocenters. The van der Waals surface area contributed by atoms with Crippen LogP contribution < -0.4 is 5.32 Å². The molecule has 148 valence electrons. The number of H-pyrrole nitrogens is 1. The highest BCUT2D eigenvalue weighted by Gasteiger charge is 2.15. The van der Waals surface area contributed by atoms with Gasteiger partial charge in [-0.05, 0) is 37.6 Å². The van der Waals surface area contributed by atoms with Crippen molar-refractivity contribution in [2.45, 2.75) is 33.4 Å². The number of nitrogens with one attached hydrogen (secondary N) is 2. The zero-order valence-corrected chi connectivity index (χ0v) is 17.0. The van der Waals surface area contributed by atoms with E-state index in [0.717, 1.165) is 16.8 Å². The summed E-state index contributed by atoms with van der Waals surface area (Å²) in [6.07, 6.45) is 3.34. The van der Waals surface area contributed by atoms with Gasteiger partial charge in [0.05, 0.1) is 34.1 Å². The Balaban J connectivity index is 1.68. The van der Waals surface area contributed by atoms with E-state index in [0.29, 0.717) is 28.4 Å². The largest absolute Gasteiger partial charge is 0.358 e. The third-order valence-corrected chi connectivity index (χ3v) is 5.07. The Morgan fingerprint density at radius 3 is 2.79 bits per heavy atom. The van der Waals surface area contributed by atoms with E-state index in [4.69, 9.17) is 16.9 Å². The van der Waals surface area contributed by atoms with E-state index < -0.39 is 0 Å². The number of rotatable bonds is 6. The highest BCUT2D eigenvalue weighted by atomic mass is 35.5. The highest BCUT2D eigenvalue weighted by molar-refractivity contribution is 6.32. The molecule has 3 aromatic rings. The summed E-state index contributed by atoms with van der Waals surface area (Å²) in [5.74, 6) is -0.386. The Kier molecular flexibility index (Phi) is 5.85.